The van der Waals surface area contributed by atoms with E-state index in [4.69, 9.17) is 11.6 Å². The highest BCUT2D eigenvalue weighted by Crippen LogP contribution is 2.42. The zero-order chi connectivity index (χ0) is 19.8. The Balaban J connectivity index is 1.66. The molecule has 0 spiro atoms. The van der Waals surface area contributed by atoms with Gasteiger partial charge in [0.25, 0.3) is 11.8 Å². The number of halogens is 2. The largest absolute Gasteiger partial charge is 0.322 e. The van der Waals surface area contributed by atoms with Crippen molar-refractivity contribution in [2.45, 2.75) is 9.79 Å². The number of nitrogens with zero attached hydrogens (tertiary/aromatic N) is 1. The number of carbonyl (C=O) groups excluding carboxylic acids is 2. The van der Waals surface area contributed by atoms with Crippen molar-refractivity contribution in [3.05, 3.63) is 82.6 Å². The Bertz CT molecular complexity index is 1120. The van der Waals surface area contributed by atoms with Crippen molar-refractivity contribution in [2.75, 3.05) is 17.3 Å². The van der Waals surface area contributed by atoms with Gasteiger partial charge in [0.15, 0.2) is 0 Å². The molecule has 1 heterocycles. The summed E-state index contributed by atoms with van der Waals surface area (Å²) in [7, 11) is 1.72. The van der Waals surface area contributed by atoms with Crippen molar-refractivity contribution in [2.24, 2.45) is 0 Å². The summed E-state index contributed by atoms with van der Waals surface area (Å²) in [6.07, 6.45) is 0. The van der Waals surface area contributed by atoms with Crippen LogP contribution in [-0.2, 0) is 0 Å². The molecule has 0 fully saturated rings. The van der Waals surface area contributed by atoms with Crippen molar-refractivity contribution in [1.82, 2.24) is 0 Å². The zero-order valence-electron chi connectivity index (χ0n) is 14.7. The van der Waals surface area contributed by atoms with Crippen LogP contribution in [0.1, 0.15) is 20.7 Å². The minimum absolute atomic E-state index is 0.0837. The van der Waals surface area contributed by atoms with Gasteiger partial charge in [0.05, 0.1) is 16.3 Å². The second kappa shape index (κ2) is 7.30. The van der Waals surface area contributed by atoms with Gasteiger partial charge in [-0.1, -0.05) is 35.5 Å². The summed E-state index contributed by atoms with van der Waals surface area (Å²) in [6, 6.07) is 16.6. The Morgan fingerprint density at radius 3 is 2.64 bits per heavy atom. The number of hydrogen-bond donors (Lipinski definition) is 1. The lowest BCUT2D eigenvalue weighted by Crippen LogP contribution is -2.26. The molecule has 140 valence electrons. The highest BCUT2D eigenvalue weighted by molar-refractivity contribution is 7.99. The van der Waals surface area contributed by atoms with E-state index in [2.05, 4.69) is 5.32 Å². The molecular weight excluding hydrogens is 399 g/mol. The Labute approximate surface area is 170 Å². The first kappa shape index (κ1) is 18.5. The minimum atomic E-state index is -0.578. The van der Waals surface area contributed by atoms with Gasteiger partial charge < -0.3 is 10.2 Å². The Hall–Kier alpha value is -2.83. The zero-order valence-corrected chi connectivity index (χ0v) is 16.3. The molecule has 0 bridgehead atoms. The summed E-state index contributed by atoms with van der Waals surface area (Å²) in [6.45, 7) is 0. The number of rotatable bonds is 2. The highest BCUT2D eigenvalue weighted by Gasteiger charge is 2.24. The molecule has 4 nitrogen and oxygen atoms in total. The second-order valence-electron chi connectivity index (χ2n) is 6.23. The van der Waals surface area contributed by atoms with E-state index in [1.54, 1.807) is 30.1 Å². The van der Waals surface area contributed by atoms with Gasteiger partial charge >= 0.3 is 0 Å². The number of amides is 2. The first-order valence-electron chi connectivity index (χ1n) is 8.39. The summed E-state index contributed by atoms with van der Waals surface area (Å²) in [5, 5.41) is 2.68. The molecule has 0 saturated heterocycles. The maximum Gasteiger partial charge on any atom is 0.259 e. The SMILES string of the molecule is CN1C(=O)c2ccccc2Sc2cc(NC(=O)c3ccc(F)c(Cl)c3)ccc21. The van der Waals surface area contributed by atoms with Crippen LogP contribution in [0.4, 0.5) is 15.8 Å². The van der Waals surface area contributed by atoms with Crippen molar-refractivity contribution < 1.29 is 14.0 Å². The van der Waals surface area contributed by atoms with Gasteiger partial charge in [-0.15, -0.1) is 0 Å². The number of fused-ring (bicyclic) bond motifs is 2. The summed E-state index contributed by atoms with van der Waals surface area (Å²) < 4.78 is 13.3. The molecule has 2 amide bonds. The van der Waals surface area contributed by atoms with Crippen molar-refractivity contribution in [3.63, 3.8) is 0 Å². The Morgan fingerprint density at radius 1 is 1.07 bits per heavy atom. The van der Waals surface area contributed by atoms with Gasteiger partial charge in [0, 0.05) is 28.1 Å². The van der Waals surface area contributed by atoms with E-state index in [1.807, 2.05) is 24.3 Å². The van der Waals surface area contributed by atoms with Crippen LogP contribution in [0.5, 0.6) is 0 Å². The van der Waals surface area contributed by atoms with E-state index in [0.29, 0.717) is 11.3 Å². The number of benzene rings is 3. The minimum Gasteiger partial charge on any atom is -0.322 e. The monoisotopic (exact) mass is 412 g/mol. The third-order valence-corrected chi connectivity index (χ3v) is 5.82. The summed E-state index contributed by atoms with van der Waals surface area (Å²) >= 11 is 7.22. The molecule has 0 aromatic heterocycles. The molecule has 0 aliphatic carbocycles. The lowest BCUT2D eigenvalue weighted by molar-refractivity contribution is 0.0988. The first-order chi connectivity index (χ1) is 13.4. The van der Waals surface area contributed by atoms with Gasteiger partial charge in [-0.3, -0.25) is 9.59 Å². The van der Waals surface area contributed by atoms with E-state index < -0.39 is 11.7 Å². The molecule has 3 aromatic carbocycles. The van der Waals surface area contributed by atoms with Crippen molar-refractivity contribution in [3.8, 4) is 0 Å². The van der Waals surface area contributed by atoms with Gasteiger partial charge in [0.1, 0.15) is 5.82 Å². The number of carbonyl (C=O) groups is 2. The molecule has 0 unspecified atom stereocenters. The normalized spacial score (nSPS) is 12.8. The number of hydrogen-bond acceptors (Lipinski definition) is 3. The summed E-state index contributed by atoms with van der Waals surface area (Å²) in [4.78, 5) is 28.5. The highest BCUT2D eigenvalue weighted by atomic mass is 35.5. The molecule has 0 atom stereocenters. The fraction of sp³-hybridized carbons (Fsp3) is 0.0476. The van der Waals surface area contributed by atoms with Crippen LogP contribution >= 0.6 is 23.4 Å². The van der Waals surface area contributed by atoms with Crippen LogP contribution in [0.2, 0.25) is 5.02 Å². The van der Waals surface area contributed by atoms with Gasteiger partial charge in [-0.05, 0) is 48.5 Å². The molecule has 7 heteroatoms. The molecule has 1 aliphatic rings. The van der Waals surface area contributed by atoms with E-state index in [-0.39, 0.29) is 16.5 Å². The fourth-order valence-electron chi connectivity index (χ4n) is 2.93. The van der Waals surface area contributed by atoms with Crippen molar-refractivity contribution >= 4 is 46.6 Å². The molecule has 3 aromatic rings. The second-order valence-corrected chi connectivity index (χ2v) is 7.72. The Morgan fingerprint density at radius 2 is 1.86 bits per heavy atom. The lowest BCUT2D eigenvalue weighted by Gasteiger charge is -2.18. The quantitative estimate of drug-likeness (QED) is 0.607. The summed E-state index contributed by atoms with van der Waals surface area (Å²) in [5.74, 6) is -1.06. The van der Waals surface area contributed by atoms with E-state index in [0.717, 1.165) is 21.5 Å². The standard InChI is InChI=1S/C21H14ClFN2O2S/c1-25-17-9-7-13(24-20(26)12-6-8-16(23)15(22)10-12)11-19(17)28-18-5-3-2-4-14(18)21(25)27/h2-11H,1H3,(H,24,26). The van der Waals surface area contributed by atoms with Crippen LogP contribution in [0.3, 0.4) is 0 Å². The van der Waals surface area contributed by atoms with Crippen LogP contribution in [-0.4, -0.2) is 18.9 Å². The summed E-state index contributed by atoms with van der Waals surface area (Å²) in [5.41, 5.74) is 2.22. The predicted molar refractivity (Wildman–Crippen MR) is 109 cm³/mol. The van der Waals surface area contributed by atoms with Crippen LogP contribution in [0, 0.1) is 5.82 Å². The molecule has 1 aliphatic heterocycles. The van der Waals surface area contributed by atoms with Gasteiger partial charge in [-0.25, -0.2) is 4.39 Å². The predicted octanol–water partition coefficient (Wildman–Crippen LogP) is 5.47. The maximum atomic E-state index is 13.3. The van der Waals surface area contributed by atoms with E-state index in [9.17, 15) is 14.0 Å². The molecular formula is C21H14ClFN2O2S. The van der Waals surface area contributed by atoms with Gasteiger partial charge in [-0.2, -0.15) is 0 Å². The molecule has 1 N–H and O–H groups in total. The Kier molecular flexibility index (Phi) is 4.83. The number of nitrogens with one attached hydrogen (secondary N) is 1. The molecule has 28 heavy (non-hydrogen) atoms. The number of anilines is 2. The third-order valence-electron chi connectivity index (χ3n) is 4.40. The molecule has 0 saturated carbocycles. The third kappa shape index (κ3) is 3.37. The van der Waals surface area contributed by atoms with Crippen LogP contribution in [0.15, 0.2) is 70.5 Å². The topological polar surface area (TPSA) is 49.4 Å². The van der Waals surface area contributed by atoms with Crippen molar-refractivity contribution in [1.29, 1.82) is 0 Å². The first-order valence-corrected chi connectivity index (χ1v) is 9.59. The molecule has 4 rings (SSSR count). The maximum absolute atomic E-state index is 13.3. The van der Waals surface area contributed by atoms with Crippen LogP contribution in [0.25, 0.3) is 0 Å². The average molecular weight is 413 g/mol. The lowest BCUT2D eigenvalue weighted by atomic mass is 10.1. The average Bonchev–Trinajstić information content (AvgIpc) is 2.79. The van der Waals surface area contributed by atoms with E-state index in [1.165, 1.54) is 23.9 Å². The molecule has 0 radical (unpaired) electrons. The van der Waals surface area contributed by atoms with E-state index >= 15 is 0 Å². The fourth-order valence-corrected chi connectivity index (χ4v) is 4.26. The smallest absolute Gasteiger partial charge is 0.259 e. The van der Waals surface area contributed by atoms with Gasteiger partial charge in [0.2, 0.25) is 0 Å². The van der Waals surface area contributed by atoms with Crippen LogP contribution < -0.4 is 10.2 Å².